The van der Waals surface area contributed by atoms with Crippen LogP contribution in [0.3, 0.4) is 0 Å². The molecule has 0 aliphatic carbocycles. The highest BCUT2D eigenvalue weighted by Gasteiger charge is 2.01. The summed E-state index contributed by atoms with van der Waals surface area (Å²) in [5, 5.41) is 4.03. The second-order valence-corrected chi connectivity index (χ2v) is 3.89. The van der Waals surface area contributed by atoms with Gasteiger partial charge in [0, 0.05) is 23.2 Å². The fraction of sp³-hybridized carbons (Fsp3) is 0.333. The average molecular weight is 208 g/mol. The molecule has 0 spiro atoms. The summed E-state index contributed by atoms with van der Waals surface area (Å²) in [6, 6.07) is 6.15. The third kappa shape index (κ3) is 3.06. The van der Waals surface area contributed by atoms with Crippen molar-refractivity contribution >= 4 is 11.6 Å². The van der Waals surface area contributed by atoms with Crippen molar-refractivity contribution < 1.29 is 0 Å². The maximum atomic E-state index is 6.06. The fourth-order valence-corrected chi connectivity index (χ4v) is 1.34. The van der Waals surface area contributed by atoms with Crippen molar-refractivity contribution in [2.45, 2.75) is 26.4 Å². The molecule has 74 valence electrons. The molecule has 0 radical (unpaired) electrons. The van der Waals surface area contributed by atoms with Crippen LogP contribution >= 0.6 is 11.6 Å². The zero-order valence-electron chi connectivity index (χ0n) is 8.47. The van der Waals surface area contributed by atoms with Crippen molar-refractivity contribution in [1.29, 1.82) is 0 Å². The van der Waals surface area contributed by atoms with Crippen LogP contribution in [-0.2, 0) is 6.54 Å². The predicted octanol–water partition coefficient (Wildman–Crippen LogP) is 2.82. The minimum absolute atomic E-state index is 0.457. The van der Waals surface area contributed by atoms with Crippen LogP contribution < -0.4 is 5.32 Å². The number of nitrogens with one attached hydrogen (secondary N) is 1. The van der Waals surface area contributed by atoms with E-state index in [9.17, 15) is 0 Å². The van der Waals surface area contributed by atoms with Crippen LogP contribution in [0.15, 0.2) is 18.2 Å². The topological polar surface area (TPSA) is 12.0 Å². The van der Waals surface area contributed by atoms with E-state index in [1.165, 1.54) is 0 Å². The summed E-state index contributed by atoms with van der Waals surface area (Å²) in [5.74, 6) is 2.56. The first-order valence-electron chi connectivity index (χ1n) is 4.62. The van der Waals surface area contributed by atoms with Crippen LogP contribution in [0, 0.1) is 12.3 Å². The third-order valence-electron chi connectivity index (χ3n) is 1.92. The van der Waals surface area contributed by atoms with Crippen molar-refractivity contribution in [1.82, 2.24) is 5.32 Å². The number of halogens is 1. The Kier molecular flexibility index (Phi) is 4.00. The molecule has 1 aromatic rings. The van der Waals surface area contributed by atoms with Crippen LogP contribution in [0.5, 0.6) is 0 Å². The molecule has 0 bridgehead atoms. The smallest absolute Gasteiger partial charge is 0.0463 e. The van der Waals surface area contributed by atoms with Gasteiger partial charge in [0.25, 0.3) is 0 Å². The van der Waals surface area contributed by atoms with Gasteiger partial charge in [-0.15, -0.1) is 6.42 Å². The van der Waals surface area contributed by atoms with E-state index in [1.807, 2.05) is 18.2 Å². The molecule has 2 heteroatoms. The lowest BCUT2D eigenvalue weighted by atomic mass is 10.1. The Morgan fingerprint density at radius 3 is 2.71 bits per heavy atom. The van der Waals surface area contributed by atoms with Crippen molar-refractivity contribution in [2.24, 2.45) is 0 Å². The summed E-state index contributed by atoms with van der Waals surface area (Å²) in [6.45, 7) is 4.98. The average Bonchev–Trinajstić information content (AvgIpc) is 2.15. The molecule has 0 aliphatic rings. The number of hydrogen-bond acceptors (Lipinski definition) is 1. The van der Waals surface area contributed by atoms with E-state index < -0.39 is 0 Å². The van der Waals surface area contributed by atoms with Crippen molar-refractivity contribution in [3.63, 3.8) is 0 Å². The highest BCUT2D eigenvalue weighted by Crippen LogP contribution is 2.17. The standard InChI is InChI=1S/C12H14ClN/c1-4-10-5-6-11(12(13)7-10)8-14-9(2)3/h1,5-7,9,14H,8H2,2-3H3. The van der Waals surface area contributed by atoms with Gasteiger partial charge in [-0.05, 0) is 17.7 Å². The number of hydrogen-bond donors (Lipinski definition) is 1. The molecule has 1 N–H and O–H groups in total. The van der Waals surface area contributed by atoms with E-state index in [0.29, 0.717) is 6.04 Å². The van der Waals surface area contributed by atoms with Gasteiger partial charge in [-0.1, -0.05) is 37.4 Å². The number of benzene rings is 1. The minimum atomic E-state index is 0.457. The monoisotopic (exact) mass is 207 g/mol. The predicted molar refractivity (Wildman–Crippen MR) is 61.4 cm³/mol. The molecular formula is C12H14ClN. The molecule has 14 heavy (non-hydrogen) atoms. The summed E-state index contributed by atoms with van der Waals surface area (Å²) in [6.07, 6.45) is 5.27. The summed E-state index contributed by atoms with van der Waals surface area (Å²) in [4.78, 5) is 0. The van der Waals surface area contributed by atoms with Gasteiger partial charge in [0.15, 0.2) is 0 Å². The second-order valence-electron chi connectivity index (χ2n) is 3.49. The van der Waals surface area contributed by atoms with Crippen LogP contribution in [0.25, 0.3) is 0 Å². The molecule has 1 aromatic carbocycles. The molecule has 0 saturated heterocycles. The van der Waals surface area contributed by atoms with Crippen LogP contribution in [0.1, 0.15) is 25.0 Å². The Labute approximate surface area is 90.5 Å². The molecular weight excluding hydrogens is 194 g/mol. The zero-order chi connectivity index (χ0) is 10.6. The first-order chi connectivity index (χ1) is 6.63. The van der Waals surface area contributed by atoms with Crippen molar-refractivity contribution in [3.8, 4) is 12.3 Å². The maximum absolute atomic E-state index is 6.06. The quantitative estimate of drug-likeness (QED) is 0.752. The van der Waals surface area contributed by atoms with Gasteiger partial charge in [-0.25, -0.2) is 0 Å². The fourth-order valence-electron chi connectivity index (χ4n) is 1.09. The van der Waals surface area contributed by atoms with Gasteiger partial charge in [0.05, 0.1) is 0 Å². The van der Waals surface area contributed by atoms with Crippen molar-refractivity contribution in [3.05, 3.63) is 34.3 Å². The zero-order valence-corrected chi connectivity index (χ0v) is 9.23. The maximum Gasteiger partial charge on any atom is 0.0463 e. The third-order valence-corrected chi connectivity index (χ3v) is 2.27. The lowest BCUT2D eigenvalue weighted by Gasteiger charge is -2.09. The van der Waals surface area contributed by atoms with E-state index in [4.69, 9.17) is 18.0 Å². The normalized spacial score (nSPS) is 10.2. The van der Waals surface area contributed by atoms with Gasteiger partial charge >= 0.3 is 0 Å². The highest BCUT2D eigenvalue weighted by molar-refractivity contribution is 6.31. The van der Waals surface area contributed by atoms with Gasteiger partial charge in [0.1, 0.15) is 0 Å². The first kappa shape index (κ1) is 11.1. The SMILES string of the molecule is C#Cc1ccc(CNC(C)C)c(Cl)c1. The molecule has 0 saturated carbocycles. The molecule has 0 amide bonds. The number of rotatable bonds is 3. The van der Waals surface area contributed by atoms with Crippen molar-refractivity contribution in [2.75, 3.05) is 0 Å². The minimum Gasteiger partial charge on any atom is -0.310 e. The molecule has 0 heterocycles. The van der Waals surface area contributed by atoms with E-state index in [0.717, 1.165) is 22.7 Å². The molecule has 1 rings (SSSR count). The highest BCUT2D eigenvalue weighted by atomic mass is 35.5. The van der Waals surface area contributed by atoms with Gasteiger partial charge in [0.2, 0.25) is 0 Å². The molecule has 0 fully saturated rings. The summed E-state index contributed by atoms with van der Waals surface area (Å²) >= 11 is 6.06. The van der Waals surface area contributed by atoms with E-state index >= 15 is 0 Å². The summed E-state index contributed by atoms with van der Waals surface area (Å²) in [5.41, 5.74) is 1.91. The van der Waals surface area contributed by atoms with E-state index in [2.05, 4.69) is 25.1 Å². The molecule has 0 atom stereocenters. The molecule has 0 unspecified atom stereocenters. The van der Waals surface area contributed by atoms with Gasteiger partial charge in [-0.3, -0.25) is 0 Å². The van der Waals surface area contributed by atoms with Crippen LogP contribution in [0.2, 0.25) is 5.02 Å². The lowest BCUT2D eigenvalue weighted by molar-refractivity contribution is 0.589. The molecule has 1 nitrogen and oxygen atoms in total. The van der Waals surface area contributed by atoms with E-state index in [-0.39, 0.29) is 0 Å². The first-order valence-corrected chi connectivity index (χ1v) is 4.99. The Bertz CT molecular complexity index is 350. The van der Waals surface area contributed by atoms with E-state index in [1.54, 1.807) is 0 Å². The van der Waals surface area contributed by atoms with Gasteiger partial charge in [-0.2, -0.15) is 0 Å². The molecule has 0 aromatic heterocycles. The van der Waals surface area contributed by atoms with Crippen LogP contribution in [-0.4, -0.2) is 6.04 Å². The Morgan fingerprint density at radius 2 is 2.21 bits per heavy atom. The largest absolute Gasteiger partial charge is 0.310 e. The lowest BCUT2D eigenvalue weighted by Crippen LogP contribution is -2.21. The summed E-state index contributed by atoms with van der Waals surface area (Å²) in [7, 11) is 0. The number of terminal acetylenes is 1. The van der Waals surface area contributed by atoms with Crippen LogP contribution in [0.4, 0.5) is 0 Å². The Morgan fingerprint density at radius 1 is 1.50 bits per heavy atom. The summed E-state index contributed by atoms with van der Waals surface area (Å²) < 4.78 is 0. The Hall–Kier alpha value is -0.970. The second kappa shape index (κ2) is 5.05. The Balaban J connectivity index is 2.75. The van der Waals surface area contributed by atoms with Gasteiger partial charge < -0.3 is 5.32 Å². The molecule has 0 aliphatic heterocycles.